The first kappa shape index (κ1) is 8.64. The summed E-state index contributed by atoms with van der Waals surface area (Å²) in [4.78, 5) is 0. The summed E-state index contributed by atoms with van der Waals surface area (Å²) in [7, 11) is 2.04. The van der Waals surface area contributed by atoms with Gasteiger partial charge >= 0.3 is 0 Å². The smallest absolute Gasteiger partial charge is 0.0671 e. The quantitative estimate of drug-likeness (QED) is 0.604. The van der Waals surface area contributed by atoms with Crippen LogP contribution >= 0.6 is 11.6 Å². The Kier molecular flexibility index (Phi) is 1.85. The molecule has 1 aromatic carbocycles. The van der Waals surface area contributed by atoms with Gasteiger partial charge in [-0.3, -0.25) is 0 Å². The van der Waals surface area contributed by atoms with Crippen LogP contribution in [0, 0.1) is 13.8 Å². The van der Waals surface area contributed by atoms with Crippen molar-refractivity contribution >= 4 is 22.5 Å². The molecule has 1 heterocycles. The van der Waals surface area contributed by atoms with Gasteiger partial charge in [0.15, 0.2) is 0 Å². The van der Waals surface area contributed by atoms with Gasteiger partial charge in [0.1, 0.15) is 0 Å². The van der Waals surface area contributed by atoms with E-state index in [-0.39, 0.29) is 0 Å². The van der Waals surface area contributed by atoms with Gasteiger partial charge in [-0.2, -0.15) is 0 Å². The summed E-state index contributed by atoms with van der Waals surface area (Å²) in [5.41, 5.74) is 3.66. The monoisotopic (exact) mass is 193 g/mol. The van der Waals surface area contributed by atoms with Gasteiger partial charge in [0.05, 0.1) is 10.5 Å². The van der Waals surface area contributed by atoms with E-state index < -0.39 is 0 Å². The van der Waals surface area contributed by atoms with E-state index in [0.29, 0.717) is 0 Å². The highest BCUT2D eigenvalue weighted by Crippen LogP contribution is 2.28. The van der Waals surface area contributed by atoms with Crippen molar-refractivity contribution in [2.45, 2.75) is 13.8 Å². The van der Waals surface area contributed by atoms with E-state index in [1.165, 1.54) is 16.6 Å². The van der Waals surface area contributed by atoms with Gasteiger partial charge in [0.25, 0.3) is 0 Å². The summed E-state index contributed by atoms with van der Waals surface area (Å²) in [5.74, 6) is 0. The van der Waals surface area contributed by atoms with Gasteiger partial charge in [0.2, 0.25) is 0 Å². The maximum absolute atomic E-state index is 6.13. The molecule has 0 saturated carbocycles. The Bertz CT molecular complexity index is 468. The predicted molar refractivity (Wildman–Crippen MR) is 57.4 cm³/mol. The number of fused-ring (bicyclic) bond motifs is 1. The number of aryl methyl sites for hydroxylation is 3. The molecule has 0 N–H and O–H groups in total. The molecule has 0 aliphatic heterocycles. The number of aromatic nitrogens is 1. The van der Waals surface area contributed by atoms with E-state index >= 15 is 0 Å². The highest BCUT2D eigenvalue weighted by atomic mass is 35.5. The zero-order valence-corrected chi connectivity index (χ0v) is 8.81. The first-order chi connectivity index (χ1) is 6.11. The van der Waals surface area contributed by atoms with Crippen LogP contribution in [0.15, 0.2) is 18.2 Å². The molecule has 0 bridgehead atoms. The molecule has 1 nitrogen and oxygen atoms in total. The Labute approximate surface area is 82.9 Å². The fraction of sp³-hybridized carbons (Fsp3) is 0.273. The van der Waals surface area contributed by atoms with E-state index in [0.717, 1.165) is 10.5 Å². The van der Waals surface area contributed by atoms with E-state index in [9.17, 15) is 0 Å². The zero-order chi connectivity index (χ0) is 9.59. The number of halogens is 1. The molecule has 0 atom stereocenters. The van der Waals surface area contributed by atoms with Crippen LogP contribution in [0.25, 0.3) is 10.9 Å². The van der Waals surface area contributed by atoms with Gasteiger partial charge in [-0.05, 0) is 31.5 Å². The van der Waals surface area contributed by atoms with Gasteiger partial charge in [-0.15, -0.1) is 0 Å². The molecular weight excluding hydrogens is 182 g/mol. The molecule has 2 aromatic rings. The molecule has 0 spiro atoms. The maximum Gasteiger partial charge on any atom is 0.0671 e. The van der Waals surface area contributed by atoms with Gasteiger partial charge in [-0.25, -0.2) is 0 Å². The molecule has 0 aliphatic rings. The van der Waals surface area contributed by atoms with Gasteiger partial charge in [-0.1, -0.05) is 17.7 Å². The summed E-state index contributed by atoms with van der Waals surface area (Å²) >= 11 is 6.13. The number of hydrogen-bond donors (Lipinski definition) is 0. The normalized spacial score (nSPS) is 11.1. The molecule has 0 unspecified atom stereocenters. The molecule has 1 aromatic heterocycles. The average molecular weight is 194 g/mol. The van der Waals surface area contributed by atoms with Crippen molar-refractivity contribution in [1.29, 1.82) is 0 Å². The number of hydrogen-bond acceptors (Lipinski definition) is 0. The topological polar surface area (TPSA) is 4.93 Å². The van der Waals surface area contributed by atoms with Crippen molar-refractivity contribution in [1.82, 2.24) is 4.57 Å². The predicted octanol–water partition coefficient (Wildman–Crippen LogP) is 3.45. The number of benzene rings is 1. The van der Waals surface area contributed by atoms with E-state index in [4.69, 9.17) is 11.6 Å². The lowest BCUT2D eigenvalue weighted by Gasteiger charge is -2.02. The second kappa shape index (κ2) is 2.78. The molecular formula is C11H12ClN. The van der Waals surface area contributed by atoms with Crippen LogP contribution in [0.1, 0.15) is 11.3 Å². The minimum atomic E-state index is 0.830. The lowest BCUT2D eigenvalue weighted by atomic mass is 10.1. The number of nitrogens with zero attached hydrogens (tertiary/aromatic N) is 1. The first-order valence-corrected chi connectivity index (χ1v) is 4.70. The Morgan fingerprint density at radius 3 is 2.54 bits per heavy atom. The summed E-state index contributed by atoms with van der Waals surface area (Å²) in [5, 5.41) is 2.09. The lowest BCUT2D eigenvalue weighted by molar-refractivity contribution is 0.918. The second-order valence-electron chi connectivity index (χ2n) is 3.47. The van der Waals surface area contributed by atoms with Gasteiger partial charge < -0.3 is 4.57 Å². The van der Waals surface area contributed by atoms with Crippen molar-refractivity contribution in [3.05, 3.63) is 34.5 Å². The van der Waals surface area contributed by atoms with Crippen LogP contribution in [0.4, 0.5) is 0 Å². The van der Waals surface area contributed by atoms with Crippen molar-refractivity contribution in [2.24, 2.45) is 7.05 Å². The largest absolute Gasteiger partial charge is 0.347 e. The molecule has 0 radical (unpaired) electrons. The molecule has 0 amide bonds. The van der Waals surface area contributed by atoms with E-state index in [1.807, 2.05) is 13.1 Å². The third kappa shape index (κ3) is 1.15. The molecule has 0 aliphatic carbocycles. The van der Waals surface area contributed by atoms with Crippen molar-refractivity contribution in [3.8, 4) is 0 Å². The third-order valence-electron chi connectivity index (χ3n) is 2.60. The van der Waals surface area contributed by atoms with Crippen LogP contribution in [0.3, 0.4) is 0 Å². The standard InChI is InChI=1S/C11H12ClN/c1-7-4-5-10(12)11-9(7)6-8(2)13(11)3/h4-6H,1-3H3. The summed E-state index contributed by atoms with van der Waals surface area (Å²) in [6, 6.07) is 6.19. The zero-order valence-electron chi connectivity index (χ0n) is 8.06. The van der Waals surface area contributed by atoms with Crippen LogP contribution in [-0.4, -0.2) is 4.57 Å². The summed E-state index contributed by atoms with van der Waals surface area (Å²) < 4.78 is 2.13. The van der Waals surface area contributed by atoms with Crippen LogP contribution in [0.2, 0.25) is 5.02 Å². The molecule has 0 saturated heterocycles. The van der Waals surface area contributed by atoms with E-state index in [2.05, 4.69) is 30.5 Å². The summed E-state index contributed by atoms with van der Waals surface area (Å²) in [6.07, 6.45) is 0. The highest BCUT2D eigenvalue weighted by molar-refractivity contribution is 6.35. The Balaban J connectivity index is 3.00. The molecule has 2 heteroatoms. The fourth-order valence-electron chi connectivity index (χ4n) is 1.69. The third-order valence-corrected chi connectivity index (χ3v) is 2.91. The first-order valence-electron chi connectivity index (χ1n) is 4.32. The maximum atomic E-state index is 6.13. The second-order valence-corrected chi connectivity index (χ2v) is 3.88. The lowest BCUT2D eigenvalue weighted by Crippen LogP contribution is -1.90. The van der Waals surface area contributed by atoms with Gasteiger partial charge in [0, 0.05) is 18.1 Å². The van der Waals surface area contributed by atoms with Crippen molar-refractivity contribution in [3.63, 3.8) is 0 Å². The van der Waals surface area contributed by atoms with Crippen LogP contribution < -0.4 is 0 Å². The fourth-order valence-corrected chi connectivity index (χ4v) is 1.98. The molecule has 2 rings (SSSR count). The minimum absolute atomic E-state index is 0.830. The van der Waals surface area contributed by atoms with Crippen molar-refractivity contribution in [2.75, 3.05) is 0 Å². The highest BCUT2D eigenvalue weighted by Gasteiger charge is 2.07. The van der Waals surface area contributed by atoms with Crippen LogP contribution in [0.5, 0.6) is 0 Å². The Hall–Kier alpha value is -0.950. The van der Waals surface area contributed by atoms with Crippen molar-refractivity contribution < 1.29 is 0 Å². The minimum Gasteiger partial charge on any atom is -0.347 e. The van der Waals surface area contributed by atoms with Crippen LogP contribution in [-0.2, 0) is 7.05 Å². The van der Waals surface area contributed by atoms with E-state index in [1.54, 1.807) is 0 Å². The number of rotatable bonds is 0. The molecule has 68 valence electrons. The molecule has 13 heavy (non-hydrogen) atoms. The Morgan fingerprint density at radius 2 is 1.92 bits per heavy atom. The Morgan fingerprint density at radius 1 is 1.23 bits per heavy atom. The summed E-state index contributed by atoms with van der Waals surface area (Å²) in [6.45, 7) is 4.20. The SMILES string of the molecule is Cc1ccc(Cl)c2c1cc(C)n2C. The average Bonchev–Trinajstić information content (AvgIpc) is 2.38. The molecule has 0 fully saturated rings.